The second kappa shape index (κ2) is 20.1. The number of nitrogens with zero attached hydrogens (tertiary/aromatic N) is 1. The minimum atomic E-state index is -4.96. The zero-order valence-corrected chi connectivity index (χ0v) is 34.1. The Morgan fingerprint density at radius 2 is 0.909 bits per heavy atom. The van der Waals surface area contributed by atoms with Crippen molar-refractivity contribution in [1.29, 1.82) is 0 Å². The summed E-state index contributed by atoms with van der Waals surface area (Å²) in [7, 11) is -9.91. The summed E-state index contributed by atoms with van der Waals surface area (Å²) < 4.78 is 50.4. The maximum Gasteiger partial charge on any atom is 0.384 e. The van der Waals surface area contributed by atoms with Gasteiger partial charge in [-0.15, -0.1) is 22.7 Å². The molecule has 3 aromatic carbocycles. The molecule has 0 saturated carbocycles. The summed E-state index contributed by atoms with van der Waals surface area (Å²) in [6, 6.07) is 31.1. The van der Waals surface area contributed by atoms with Crippen LogP contribution < -0.4 is 4.90 Å². The highest BCUT2D eigenvalue weighted by atomic mass is 32.1. The molecule has 4 N–H and O–H groups in total. The van der Waals surface area contributed by atoms with Gasteiger partial charge in [-0.2, -0.15) is 8.78 Å². The third-order valence-corrected chi connectivity index (χ3v) is 12.7. The van der Waals surface area contributed by atoms with Crippen molar-refractivity contribution in [2.45, 2.75) is 77.6 Å². The number of thiophene rings is 2. The van der Waals surface area contributed by atoms with Crippen LogP contribution in [0.5, 0.6) is 0 Å². The van der Waals surface area contributed by atoms with Gasteiger partial charge in [0.25, 0.3) is 0 Å². The molecule has 0 fully saturated rings. The van der Waals surface area contributed by atoms with Gasteiger partial charge in [0.15, 0.2) is 0 Å². The molecule has 0 atom stereocenters. The molecule has 0 aliphatic heterocycles. The van der Waals surface area contributed by atoms with Crippen LogP contribution in [0.4, 0.5) is 25.8 Å². The average Bonchev–Trinajstić information content (AvgIpc) is 3.83. The summed E-state index contributed by atoms with van der Waals surface area (Å²) in [6.07, 6.45) is 15.7. The van der Waals surface area contributed by atoms with Gasteiger partial charge in [-0.1, -0.05) is 101 Å². The monoisotopic (exact) mass is 825 g/mol. The smallest absolute Gasteiger partial charge is 0.319 e. The largest absolute Gasteiger partial charge is 0.384 e. The van der Waals surface area contributed by atoms with Gasteiger partial charge in [0, 0.05) is 36.6 Å². The maximum atomic E-state index is 13.9. The number of rotatable bonds is 20. The molecule has 5 aromatic rings. The predicted octanol–water partition coefficient (Wildman–Crippen LogP) is 14.0. The Balaban J connectivity index is 1.33. The Hall–Kier alpha value is -3.50. The van der Waals surface area contributed by atoms with Gasteiger partial charge in [0.05, 0.1) is 0 Å². The van der Waals surface area contributed by atoms with Crippen LogP contribution in [0.15, 0.2) is 108 Å². The van der Waals surface area contributed by atoms with E-state index in [-0.39, 0.29) is 0 Å². The number of unbranched alkanes of at least 4 members (excludes halogenated alkanes) is 9. The molecular weight excluding hydrogens is 779 g/mol. The average molecular weight is 826 g/mol. The first-order chi connectivity index (χ1) is 26.3. The van der Waals surface area contributed by atoms with E-state index < -0.39 is 26.3 Å². The summed E-state index contributed by atoms with van der Waals surface area (Å²) in [6.45, 7) is 2.25. The van der Waals surface area contributed by atoms with Crippen LogP contribution in [0.1, 0.15) is 86.4 Å². The van der Waals surface area contributed by atoms with E-state index in [2.05, 4.69) is 36.1 Å². The normalized spacial score (nSPS) is 12.7. The highest BCUT2D eigenvalue weighted by Gasteiger charge is 2.22. The number of hydrogen-bond acceptors (Lipinski definition) is 5. The minimum absolute atomic E-state index is 0.389. The molecule has 0 saturated heterocycles. The van der Waals surface area contributed by atoms with E-state index >= 15 is 0 Å². The maximum absolute atomic E-state index is 13.9. The molecule has 0 aliphatic carbocycles. The highest BCUT2D eigenvalue weighted by Crippen LogP contribution is 2.48. The van der Waals surface area contributed by atoms with Crippen LogP contribution in [0.2, 0.25) is 0 Å². The molecule has 0 unspecified atom stereocenters. The van der Waals surface area contributed by atoms with Crippen molar-refractivity contribution in [3.05, 3.63) is 124 Å². The van der Waals surface area contributed by atoms with Gasteiger partial charge in [0.2, 0.25) is 11.1 Å². The van der Waals surface area contributed by atoms with Crippen molar-refractivity contribution in [2.24, 2.45) is 0 Å². The van der Waals surface area contributed by atoms with Gasteiger partial charge in [0.1, 0.15) is 0 Å². The summed E-state index contributed by atoms with van der Waals surface area (Å²) in [5.41, 5.74) is 2.80. The van der Waals surface area contributed by atoms with Crippen molar-refractivity contribution in [1.82, 2.24) is 0 Å². The molecule has 2 heterocycles. The zero-order chi connectivity index (χ0) is 39.4. The molecule has 0 bridgehead atoms. The number of anilines is 3. The topological polar surface area (TPSA) is 118 Å². The first-order valence-electron chi connectivity index (χ1n) is 18.5. The van der Waals surface area contributed by atoms with Crippen LogP contribution in [0.3, 0.4) is 0 Å². The van der Waals surface area contributed by atoms with E-state index in [9.17, 15) is 17.9 Å². The first-order valence-corrected chi connectivity index (χ1v) is 23.3. The minimum Gasteiger partial charge on any atom is -0.319 e. The van der Waals surface area contributed by atoms with Gasteiger partial charge in [-0.05, 0) is 102 Å². The van der Waals surface area contributed by atoms with Crippen LogP contribution in [-0.4, -0.2) is 19.6 Å². The SMILES string of the molecule is CCCCCCCCCCCCc1ccc(N(c2ccc(-c3ccc(/C=C(\F)P(=O)(O)O)s3)cc2)c2ccc(-c3ccc(/C=C(\F)P(=O)(O)O)s3)cc2)cc1. The van der Waals surface area contributed by atoms with E-state index in [0.29, 0.717) is 9.75 Å². The van der Waals surface area contributed by atoms with Crippen molar-refractivity contribution >= 4 is 67.1 Å². The van der Waals surface area contributed by atoms with Crippen molar-refractivity contribution in [3.63, 3.8) is 0 Å². The van der Waals surface area contributed by atoms with Gasteiger partial charge < -0.3 is 24.5 Å². The lowest BCUT2D eigenvalue weighted by molar-refractivity contribution is 0.367. The first kappa shape index (κ1) is 42.6. The highest BCUT2D eigenvalue weighted by molar-refractivity contribution is 7.56. The Morgan fingerprint density at radius 1 is 0.545 bits per heavy atom. The second-order valence-electron chi connectivity index (χ2n) is 13.5. The molecule has 0 radical (unpaired) electrons. The van der Waals surface area contributed by atoms with E-state index in [0.717, 1.165) is 62.9 Å². The second-order valence-corrected chi connectivity index (χ2v) is 18.7. The van der Waals surface area contributed by atoms with Crippen LogP contribution >= 0.6 is 37.9 Å². The van der Waals surface area contributed by atoms with E-state index in [4.69, 9.17) is 19.6 Å². The number of halogens is 2. The predicted molar refractivity (Wildman–Crippen MR) is 226 cm³/mol. The lowest BCUT2D eigenvalue weighted by Crippen LogP contribution is -2.10. The van der Waals surface area contributed by atoms with Gasteiger partial charge in [-0.3, -0.25) is 9.13 Å². The van der Waals surface area contributed by atoms with Crippen molar-refractivity contribution < 1.29 is 37.5 Å². The molecule has 5 rings (SSSR count). The van der Waals surface area contributed by atoms with Gasteiger partial charge >= 0.3 is 15.2 Å². The number of hydrogen-bond donors (Lipinski definition) is 4. The molecule has 7 nitrogen and oxygen atoms in total. The lowest BCUT2D eigenvalue weighted by Gasteiger charge is -2.26. The molecule has 2 aromatic heterocycles. The summed E-state index contributed by atoms with van der Waals surface area (Å²) in [4.78, 5) is 41.0. The fourth-order valence-electron chi connectivity index (χ4n) is 6.20. The van der Waals surface area contributed by atoms with Crippen molar-refractivity contribution in [3.8, 4) is 20.9 Å². The van der Waals surface area contributed by atoms with E-state index in [1.807, 2.05) is 48.5 Å². The summed E-state index contributed by atoms with van der Waals surface area (Å²) in [5, 5.41) is 0. The van der Waals surface area contributed by atoms with Crippen LogP contribution in [-0.2, 0) is 15.6 Å². The molecule has 0 aliphatic rings. The molecule has 0 spiro atoms. The van der Waals surface area contributed by atoms with Crippen molar-refractivity contribution in [2.75, 3.05) is 4.90 Å². The lowest BCUT2D eigenvalue weighted by atomic mass is 10.0. The summed E-state index contributed by atoms with van der Waals surface area (Å²) in [5.74, 6) is 0. The Morgan fingerprint density at radius 3 is 1.29 bits per heavy atom. The molecule has 292 valence electrons. The quantitative estimate of drug-likeness (QED) is 0.0456. The Labute approximate surface area is 330 Å². The van der Waals surface area contributed by atoms with E-state index in [1.54, 1.807) is 24.3 Å². The fourth-order valence-corrected chi connectivity index (χ4v) is 8.87. The zero-order valence-electron chi connectivity index (χ0n) is 30.7. The van der Waals surface area contributed by atoms with E-state index in [1.165, 1.54) is 86.0 Å². The van der Waals surface area contributed by atoms with Crippen LogP contribution in [0, 0.1) is 0 Å². The van der Waals surface area contributed by atoms with Gasteiger partial charge in [-0.25, -0.2) is 0 Å². The summed E-state index contributed by atoms with van der Waals surface area (Å²) >= 11 is 2.45. The number of aryl methyl sites for hydroxylation is 1. The third-order valence-electron chi connectivity index (χ3n) is 9.17. The Bertz CT molecular complexity index is 2020. The fraction of sp³-hybridized carbons (Fsp3) is 0.286. The Kier molecular flexibility index (Phi) is 15.6. The molecular formula is C42H47F2NO6P2S2. The molecule has 0 amide bonds. The van der Waals surface area contributed by atoms with Crippen LogP contribution in [0.25, 0.3) is 33.0 Å². The standard InChI is InChI=1S/C42H47F2NO6P2S2/c1-2-3-4-5-6-7-8-9-10-11-12-31-13-19-34(20-14-31)45(35-21-15-32(16-22-35)39-27-25-37(54-39)29-41(43)52(46,47)48)36-23-17-33(18-24-36)40-28-26-38(55-40)30-42(44)53(49,50)51/h13-30H,2-12H2,1H3,(H2,46,47,48)(H2,49,50,51)/b41-29+,42-30+. The number of benzene rings is 3. The molecule has 55 heavy (non-hydrogen) atoms. The molecule has 13 heteroatoms. The third kappa shape index (κ3) is 12.8.